The van der Waals surface area contributed by atoms with Crippen LogP contribution in [-0.4, -0.2) is 41.7 Å². The molecule has 0 aliphatic carbocycles. The Balaban J connectivity index is 1.87. The van der Waals surface area contributed by atoms with Crippen molar-refractivity contribution in [3.05, 3.63) is 24.2 Å². The van der Waals surface area contributed by atoms with Crippen molar-refractivity contribution in [2.75, 3.05) is 25.0 Å². The smallest absolute Gasteiger partial charge is 0.330 e. The van der Waals surface area contributed by atoms with E-state index in [4.69, 9.17) is 4.74 Å². The molecule has 2 heterocycles. The predicted molar refractivity (Wildman–Crippen MR) is 77.2 cm³/mol. The zero-order valence-corrected chi connectivity index (χ0v) is 11.6. The molecule has 0 amide bonds. The molecule has 0 unspecified atom stereocenters. The summed E-state index contributed by atoms with van der Waals surface area (Å²) in [6.07, 6.45) is 8.57. The van der Waals surface area contributed by atoms with Crippen molar-refractivity contribution in [3.63, 3.8) is 0 Å². The summed E-state index contributed by atoms with van der Waals surface area (Å²) < 4.78 is 4.79. The lowest BCUT2D eigenvalue weighted by atomic mass is 10.1. The molecule has 1 fully saturated rings. The van der Waals surface area contributed by atoms with Gasteiger partial charge in [0.15, 0.2) is 0 Å². The van der Waals surface area contributed by atoms with E-state index in [1.54, 1.807) is 25.4 Å². The summed E-state index contributed by atoms with van der Waals surface area (Å²) in [5.74, 6) is 0.386. The van der Waals surface area contributed by atoms with Gasteiger partial charge < -0.3 is 15.4 Å². The average molecular weight is 276 g/mol. The van der Waals surface area contributed by atoms with E-state index in [-0.39, 0.29) is 5.97 Å². The third-order valence-corrected chi connectivity index (χ3v) is 3.00. The van der Waals surface area contributed by atoms with Gasteiger partial charge in [-0.15, -0.1) is 0 Å². The molecule has 0 bridgehead atoms. The van der Waals surface area contributed by atoms with Crippen LogP contribution in [0.15, 0.2) is 18.5 Å². The van der Waals surface area contributed by atoms with E-state index < -0.39 is 0 Å². The molecule has 1 aliphatic rings. The minimum atomic E-state index is -0.371. The summed E-state index contributed by atoms with van der Waals surface area (Å²) in [4.78, 5) is 19.7. The highest BCUT2D eigenvalue weighted by Crippen LogP contribution is 2.09. The minimum absolute atomic E-state index is 0.368. The second kappa shape index (κ2) is 7.59. The second-order valence-corrected chi connectivity index (χ2v) is 4.60. The summed E-state index contributed by atoms with van der Waals surface area (Å²) >= 11 is 0. The van der Waals surface area contributed by atoms with E-state index in [0.29, 0.717) is 18.3 Å². The molecule has 1 atom stereocenters. The number of ether oxygens (including phenoxy) is 1. The van der Waals surface area contributed by atoms with Crippen LogP contribution in [0.2, 0.25) is 0 Å². The summed E-state index contributed by atoms with van der Waals surface area (Å²) in [6, 6.07) is 0.402. The van der Waals surface area contributed by atoms with Crippen molar-refractivity contribution in [1.82, 2.24) is 15.3 Å². The van der Waals surface area contributed by atoms with E-state index >= 15 is 0 Å². The Labute approximate surface area is 118 Å². The Bertz CT molecular complexity index is 453. The summed E-state index contributed by atoms with van der Waals surface area (Å²) in [7, 11) is 0. The lowest BCUT2D eigenvalue weighted by Gasteiger charge is -2.24. The van der Waals surface area contributed by atoms with Crippen molar-refractivity contribution >= 4 is 17.9 Å². The number of piperidine rings is 1. The van der Waals surface area contributed by atoms with Gasteiger partial charge in [-0.2, -0.15) is 0 Å². The van der Waals surface area contributed by atoms with Crippen molar-refractivity contribution in [2.45, 2.75) is 25.8 Å². The Hall–Kier alpha value is -1.95. The van der Waals surface area contributed by atoms with Crippen LogP contribution in [0, 0.1) is 0 Å². The number of rotatable bonds is 5. The first-order valence-electron chi connectivity index (χ1n) is 6.92. The third kappa shape index (κ3) is 4.62. The van der Waals surface area contributed by atoms with E-state index in [1.807, 2.05) is 0 Å². The standard InChI is InChI=1S/C14H20N4O2/c1-2-20-14(19)6-5-11-9-17-13(10-16-11)18-12-4-3-7-15-8-12/h5-6,9-10,12,15H,2-4,7-8H2,1H3,(H,17,18)/t12-/m1/s1. The normalized spacial score (nSPS) is 18.9. The Morgan fingerprint density at radius 3 is 3.10 bits per heavy atom. The summed E-state index contributed by atoms with van der Waals surface area (Å²) in [6.45, 7) is 4.17. The molecule has 0 saturated carbocycles. The third-order valence-electron chi connectivity index (χ3n) is 3.00. The zero-order chi connectivity index (χ0) is 14.2. The van der Waals surface area contributed by atoms with Gasteiger partial charge in [-0.3, -0.25) is 4.98 Å². The SMILES string of the molecule is CCOC(=O)C=Cc1cnc(N[C@@H]2CCCNC2)cn1. The summed E-state index contributed by atoms with van der Waals surface area (Å²) in [5.41, 5.74) is 0.630. The average Bonchev–Trinajstić information content (AvgIpc) is 2.48. The molecule has 1 aromatic rings. The van der Waals surface area contributed by atoms with Gasteiger partial charge in [0.05, 0.1) is 24.7 Å². The molecule has 0 spiro atoms. The largest absolute Gasteiger partial charge is 0.463 e. The van der Waals surface area contributed by atoms with Crippen LogP contribution in [0.3, 0.4) is 0 Å². The predicted octanol–water partition coefficient (Wildman–Crippen LogP) is 1.22. The minimum Gasteiger partial charge on any atom is -0.463 e. The summed E-state index contributed by atoms with van der Waals surface area (Å²) in [5, 5.41) is 6.68. The van der Waals surface area contributed by atoms with Crippen LogP contribution in [0.5, 0.6) is 0 Å². The van der Waals surface area contributed by atoms with Gasteiger partial charge in [0, 0.05) is 18.7 Å². The number of anilines is 1. The molecule has 108 valence electrons. The highest BCUT2D eigenvalue weighted by atomic mass is 16.5. The molecule has 20 heavy (non-hydrogen) atoms. The van der Waals surface area contributed by atoms with E-state index in [2.05, 4.69) is 20.6 Å². The lowest BCUT2D eigenvalue weighted by molar-refractivity contribution is -0.137. The zero-order valence-electron chi connectivity index (χ0n) is 11.6. The Morgan fingerprint density at radius 2 is 2.45 bits per heavy atom. The van der Waals surface area contributed by atoms with E-state index in [1.165, 1.54) is 12.5 Å². The first-order valence-corrected chi connectivity index (χ1v) is 6.92. The fraction of sp³-hybridized carbons (Fsp3) is 0.500. The molecule has 2 N–H and O–H groups in total. The highest BCUT2D eigenvalue weighted by molar-refractivity contribution is 5.86. The maximum absolute atomic E-state index is 11.2. The lowest BCUT2D eigenvalue weighted by Crippen LogP contribution is -2.38. The molecule has 1 aromatic heterocycles. The molecule has 2 rings (SSSR count). The van der Waals surface area contributed by atoms with Gasteiger partial charge in [0.1, 0.15) is 5.82 Å². The first-order chi connectivity index (χ1) is 9.78. The van der Waals surface area contributed by atoms with Gasteiger partial charge in [-0.1, -0.05) is 0 Å². The number of nitrogens with zero attached hydrogens (tertiary/aromatic N) is 2. The van der Waals surface area contributed by atoms with Gasteiger partial charge in [-0.25, -0.2) is 9.78 Å². The second-order valence-electron chi connectivity index (χ2n) is 4.60. The van der Waals surface area contributed by atoms with Crippen LogP contribution < -0.4 is 10.6 Å². The molecule has 0 aromatic carbocycles. The number of aromatic nitrogens is 2. The Kier molecular flexibility index (Phi) is 5.49. The van der Waals surface area contributed by atoms with Gasteiger partial charge in [0.25, 0.3) is 0 Å². The number of nitrogens with one attached hydrogen (secondary N) is 2. The van der Waals surface area contributed by atoms with Crippen molar-refractivity contribution in [1.29, 1.82) is 0 Å². The van der Waals surface area contributed by atoms with Crippen LogP contribution in [-0.2, 0) is 9.53 Å². The monoisotopic (exact) mass is 276 g/mol. The van der Waals surface area contributed by atoms with Gasteiger partial charge >= 0.3 is 5.97 Å². The van der Waals surface area contributed by atoms with Crippen molar-refractivity contribution < 1.29 is 9.53 Å². The Morgan fingerprint density at radius 1 is 1.55 bits per heavy atom. The van der Waals surface area contributed by atoms with Crippen molar-refractivity contribution in [3.8, 4) is 0 Å². The highest BCUT2D eigenvalue weighted by Gasteiger charge is 2.12. The van der Waals surface area contributed by atoms with Crippen LogP contribution >= 0.6 is 0 Å². The maximum atomic E-state index is 11.2. The molecular formula is C14H20N4O2. The molecule has 0 radical (unpaired) electrons. The fourth-order valence-corrected chi connectivity index (χ4v) is 2.03. The maximum Gasteiger partial charge on any atom is 0.330 e. The van der Waals surface area contributed by atoms with E-state index in [0.717, 1.165) is 25.3 Å². The van der Waals surface area contributed by atoms with E-state index in [9.17, 15) is 4.79 Å². The number of hydrogen-bond acceptors (Lipinski definition) is 6. The quantitative estimate of drug-likeness (QED) is 0.622. The van der Waals surface area contributed by atoms with Gasteiger partial charge in [0.2, 0.25) is 0 Å². The topological polar surface area (TPSA) is 76.1 Å². The number of carbonyl (C=O) groups is 1. The van der Waals surface area contributed by atoms with Crippen LogP contribution in [0.1, 0.15) is 25.5 Å². The van der Waals surface area contributed by atoms with Gasteiger partial charge in [-0.05, 0) is 32.4 Å². The van der Waals surface area contributed by atoms with Crippen molar-refractivity contribution in [2.24, 2.45) is 0 Å². The molecular weight excluding hydrogens is 256 g/mol. The first kappa shape index (κ1) is 14.5. The molecule has 1 saturated heterocycles. The molecule has 6 heteroatoms. The number of esters is 1. The number of carbonyl (C=O) groups excluding carboxylic acids is 1. The molecule has 6 nitrogen and oxygen atoms in total. The number of hydrogen-bond donors (Lipinski definition) is 2. The van der Waals surface area contributed by atoms with Crippen LogP contribution in [0.25, 0.3) is 6.08 Å². The fourth-order valence-electron chi connectivity index (χ4n) is 2.03. The molecule has 1 aliphatic heterocycles. The van der Waals surface area contributed by atoms with Crippen LogP contribution in [0.4, 0.5) is 5.82 Å².